The van der Waals surface area contributed by atoms with Gasteiger partial charge in [-0.3, -0.25) is 9.59 Å². The van der Waals surface area contributed by atoms with Crippen molar-refractivity contribution in [3.8, 4) is 0 Å². The van der Waals surface area contributed by atoms with Gasteiger partial charge in [-0.2, -0.15) is 4.31 Å². The third kappa shape index (κ3) is 5.57. The topological polar surface area (TPSA) is 92.8 Å². The van der Waals surface area contributed by atoms with E-state index in [2.05, 4.69) is 5.32 Å². The Balaban J connectivity index is 2.35. The van der Waals surface area contributed by atoms with E-state index in [1.54, 1.807) is 26.0 Å². The van der Waals surface area contributed by atoms with Crippen LogP contribution in [0, 0.1) is 0 Å². The molecule has 0 saturated carbocycles. The maximum absolute atomic E-state index is 12.9. The number of halogens is 1. The van der Waals surface area contributed by atoms with Crippen LogP contribution in [0.15, 0.2) is 40.6 Å². The predicted octanol–water partition coefficient (Wildman–Crippen LogP) is 3.46. The largest absolute Gasteiger partial charge is 0.469 e. The number of sulfonamides is 1. The zero-order valence-corrected chi connectivity index (χ0v) is 18.9. The van der Waals surface area contributed by atoms with Gasteiger partial charge in [0.25, 0.3) is 5.91 Å². The summed E-state index contributed by atoms with van der Waals surface area (Å²) in [6, 6.07) is 6.70. The molecule has 0 aliphatic rings. The summed E-state index contributed by atoms with van der Waals surface area (Å²) >= 11 is 7.55. The lowest BCUT2D eigenvalue weighted by Gasteiger charge is -2.22. The van der Waals surface area contributed by atoms with Crippen molar-refractivity contribution in [3.63, 3.8) is 0 Å². The fourth-order valence-electron chi connectivity index (χ4n) is 2.48. The van der Waals surface area contributed by atoms with Gasteiger partial charge in [-0.25, -0.2) is 8.42 Å². The maximum Gasteiger partial charge on any atom is 0.307 e. The quantitative estimate of drug-likeness (QED) is 0.611. The van der Waals surface area contributed by atoms with Crippen LogP contribution in [0.2, 0.25) is 5.02 Å². The van der Waals surface area contributed by atoms with Crippen LogP contribution in [-0.2, 0) is 19.6 Å². The summed E-state index contributed by atoms with van der Waals surface area (Å²) in [5.74, 6) is -1.06. The van der Waals surface area contributed by atoms with Gasteiger partial charge in [0.15, 0.2) is 0 Å². The minimum absolute atomic E-state index is 0.0105. The predicted molar refractivity (Wildman–Crippen MR) is 113 cm³/mol. The lowest BCUT2D eigenvalue weighted by molar-refractivity contribution is -0.141. The van der Waals surface area contributed by atoms with Crippen LogP contribution in [0.3, 0.4) is 0 Å². The Kier molecular flexibility index (Phi) is 7.81. The highest BCUT2D eigenvalue weighted by Gasteiger charge is 2.26. The van der Waals surface area contributed by atoms with E-state index < -0.39 is 27.9 Å². The van der Waals surface area contributed by atoms with E-state index in [1.807, 2.05) is 5.38 Å². The Bertz CT molecular complexity index is 974. The Labute approximate surface area is 179 Å². The van der Waals surface area contributed by atoms with Gasteiger partial charge < -0.3 is 10.1 Å². The summed E-state index contributed by atoms with van der Waals surface area (Å²) in [6.07, 6.45) is -0.0611. The lowest BCUT2D eigenvalue weighted by atomic mass is 10.1. The van der Waals surface area contributed by atoms with Crippen LogP contribution in [0.4, 0.5) is 0 Å². The molecule has 0 spiro atoms. The van der Waals surface area contributed by atoms with Gasteiger partial charge >= 0.3 is 5.97 Å². The van der Waals surface area contributed by atoms with E-state index in [4.69, 9.17) is 16.3 Å². The second kappa shape index (κ2) is 9.71. The van der Waals surface area contributed by atoms with E-state index in [0.717, 1.165) is 4.88 Å². The van der Waals surface area contributed by atoms with Crippen molar-refractivity contribution in [2.45, 2.75) is 37.2 Å². The molecule has 29 heavy (non-hydrogen) atoms. The molecule has 0 saturated heterocycles. The number of carbonyl (C=O) groups excluding carboxylic acids is 2. The number of ether oxygens (including phenoxy) is 1. The second-order valence-electron chi connectivity index (χ2n) is 6.58. The molecule has 0 aliphatic carbocycles. The monoisotopic (exact) mass is 458 g/mol. The molecule has 1 atom stereocenters. The van der Waals surface area contributed by atoms with Crippen molar-refractivity contribution >= 4 is 44.8 Å². The number of hydrogen-bond acceptors (Lipinski definition) is 6. The lowest BCUT2D eigenvalue weighted by Crippen LogP contribution is -2.33. The summed E-state index contributed by atoms with van der Waals surface area (Å²) in [4.78, 5) is 25.3. The number of amides is 1. The van der Waals surface area contributed by atoms with Gasteiger partial charge in [0.2, 0.25) is 10.0 Å². The highest BCUT2D eigenvalue weighted by atomic mass is 35.5. The first-order chi connectivity index (χ1) is 13.6. The zero-order chi connectivity index (χ0) is 21.8. The maximum atomic E-state index is 12.9. The summed E-state index contributed by atoms with van der Waals surface area (Å²) in [6.45, 7) is 3.50. The molecule has 1 unspecified atom stereocenters. The number of carbonyl (C=O) groups is 2. The number of thiophene rings is 1. The van der Waals surface area contributed by atoms with Crippen molar-refractivity contribution in [1.29, 1.82) is 0 Å². The molecule has 2 rings (SSSR count). The van der Waals surface area contributed by atoms with Gasteiger partial charge in [0.05, 0.1) is 35.1 Å². The molecule has 2 aromatic rings. The molecule has 0 fully saturated rings. The molecule has 0 bridgehead atoms. The zero-order valence-electron chi connectivity index (χ0n) is 16.5. The van der Waals surface area contributed by atoms with E-state index >= 15 is 0 Å². The van der Waals surface area contributed by atoms with Crippen LogP contribution in [0.1, 0.15) is 41.5 Å². The molecule has 1 amide bonds. The minimum atomic E-state index is -3.78. The van der Waals surface area contributed by atoms with Crippen LogP contribution in [-0.4, -0.2) is 44.8 Å². The van der Waals surface area contributed by atoms with Crippen LogP contribution < -0.4 is 5.32 Å². The molecule has 1 aromatic heterocycles. The normalized spacial score (nSPS) is 12.8. The van der Waals surface area contributed by atoms with Gasteiger partial charge in [-0.15, -0.1) is 11.3 Å². The number of hydrogen-bond donors (Lipinski definition) is 1. The number of benzene rings is 1. The average Bonchev–Trinajstić information content (AvgIpc) is 3.21. The van der Waals surface area contributed by atoms with Crippen molar-refractivity contribution in [3.05, 3.63) is 51.2 Å². The van der Waals surface area contributed by atoms with E-state index in [1.165, 1.54) is 48.0 Å². The highest BCUT2D eigenvalue weighted by molar-refractivity contribution is 7.89. The number of esters is 1. The first-order valence-corrected chi connectivity index (χ1v) is 11.5. The molecule has 0 aliphatic heterocycles. The van der Waals surface area contributed by atoms with E-state index in [9.17, 15) is 18.0 Å². The molecular weight excluding hydrogens is 436 g/mol. The highest BCUT2D eigenvalue weighted by Crippen LogP contribution is 2.26. The number of rotatable bonds is 8. The summed E-state index contributed by atoms with van der Waals surface area (Å²) in [7, 11) is -1.04. The van der Waals surface area contributed by atoms with E-state index in [0.29, 0.717) is 0 Å². The third-order valence-electron chi connectivity index (χ3n) is 4.38. The molecular formula is C19H23ClN2O5S2. The Morgan fingerprint density at radius 2 is 1.97 bits per heavy atom. The Morgan fingerprint density at radius 3 is 2.52 bits per heavy atom. The van der Waals surface area contributed by atoms with E-state index in [-0.39, 0.29) is 27.9 Å². The second-order valence-corrected chi connectivity index (χ2v) is 9.96. The van der Waals surface area contributed by atoms with Crippen molar-refractivity contribution in [1.82, 2.24) is 9.62 Å². The average molecular weight is 459 g/mol. The van der Waals surface area contributed by atoms with Crippen molar-refractivity contribution in [2.75, 3.05) is 14.2 Å². The minimum Gasteiger partial charge on any atom is -0.469 e. The Morgan fingerprint density at radius 1 is 1.28 bits per heavy atom. The Hall–Kier alpha value is -1.94. The van der Waals surface area contributed by atoms with Gasteiger partial charge in [-0.05, 0) is 43.5 Å². The summed E-state index contributed by atoms with van der Waals surface area (Å²) in [5, 5.41) is 4.69. The molecule has 158 valence electrons. The van der Waals surface area contributed by atoms with Crippen LogP contribution >= 0.6 is 22.9 Å². The molecule has 1 N–H and O–H groups in total. The summed E-state index contributed by atoms with van der Waals surface area (Å²) in [5.41, 5.74) is 0.0105. The molecule has 1 heterocycles. The smallest absolute Gasteiger partial charge is 0.307 e. The standard InChI is InChI=1S/C19H23ClN2O5S2/c1-12(2)22(3)29(25,26)13-7-8-15(20)14(10-13)19(24)21-16(11-18(23)27-4)17-6-5-9-28-17/h5-10,12,16H,11H2,1-4H3,(H,21,24). The van der Waals surface area contributed by atoms with Crippen LogP contribution in [0.25, 0.3) is 0 Å². The SMILES string of the molecule is COC(=O)CC(NC(=O)c1cc(S(=O)(=O)N(C)C(C)C)ccc1Cl)c1cccs1. The van der Waals surface area contributed by atoms with Gasteiger partial charge in [-0.1, -0.05) is 17.7 Å². The summed E-state index contributed by atoms with van der Waals surface area (Å²) < 4.78 is 31.4. The third-order valence-corrected chi connectivity index (χ3v) is 7.72. The number of nitrogens with zero attached hydrogens (tertiary/aromatic N) is 1. The van der Waals surface area contributed by atoms with Gasteiger partial charge in [0, 0.05) is 18.0 Å². The first-order valence-electron chi connectivity index (χ1n) is 8.76. The van der Waals surface area contributed by atoms with Crippen LogP contribution in [0.5, 0.6) is 0 Å². The molecule has 10 heteroatoms. The molecule has 7 nitrogen and oxygen atoms in total. The molecule has 1 aromatic carbocycles. The van der Waals surface area contributed by atoms with Crippen molar-refractivity contribution < 1.29 is 22.7 Å². The number of nitrogens with one attached hydrogen (secondary N) is 1. The molecule has 0 radical (unpaired) electrons. The first kappa shape index (κ1) is 23.3. The van der Waals surface area contributed by atoms with Crippen molar-refractivity contribution in [2.24, 2.45) is 0 Å². The fourth-order valence-corrected chi connectivity index (χ4v) is 4.86. The fraction of sp³-hybridized carbons (Fsp3) is 0.368. The van der Waals surface area contributed by atoms with Gasteiger partial charge in [0.1, 0.15) is 0 Å². The number of methoxy groups -OCH3 is 1.